The molecule has 3 aliphatic rings. The van der Waals surface area contributed by atoms with Crippen LogP contribution in [0.4, 0.5) is 0 Å². The second-order valence-electron chi connectivity index (χ2n) is 14.4. The van der Waals surface area contributed by atoms with Gasteiger partial charge in [0.2, 0.25) is 0 Å². The third-order valence-electron chi connectivity index (χ3n) is 10.3. The summed E-state index contributed by atoms with van der Waals surface area (Å²) in [6.45, 7) is 0.568. The molecule has 7 rings (SSSR count). The molecule has 326 valence electrons. The summed E-state index contributed by atoms with van der Waals surface area (Å²) in [5.74, 6) is -5.98. The van der Waals surface area contributed by atoms with Gasteiger partial charge in [-0.3, -0.25) is 0 Å². The molecule has 16 nitrogen and oxygen atoms in total. The van der Waals surface area contributed by atoms with Crippen molar-refractivity contribution in [3.8, 4) is 0 Å². The van der Waals surface area contributed by atoms with E-state index < -0.39 is 103 Å². The number of hydrogen-bond donors (Lipinski definition) is 0. The Morgan fingerprint density at radius 3 is 1.56 bits per heavy atom. The topological polar surface area (TPSA) is 187 Å². The number of methoxy groups -OCH3 is 2. The second-order valence-corrected chi connectivity index (χ2v) is 14.8. The summed E-state index contributed by atoms with van der Waals surface area (Å²) in [5, 5.41) is 0. The van der Waals surface area contributed by atoms with E-state index in [0.717, 1.165) is 0 Å². The molecule has 0 amide bonds. The number of benzene rings is 4. The van der Waals surface area contributed by atoms with Gasteiger partial charge < -0.3 is 52.1 Å². The average molecular weight is 875 g/mol. The minimum atomic E-state index is -1.90. The molecule has 0 N–H and O–H groups in total. The Hall–Kier alpha value is -5.72. The average Bonchev–Trinajstić information content (AvgIpc) is 3.31. The van der Waals surface area contributed by atoms with E-state index in [2.05, 4.69) is 0 Å². The molecule has 3 aliphatic heterocycles. The maximum absolute atomic E-state index is 13.9. The summed E-state index contributed by atoms with van der Waals surface area (Å²) < 4.78 is 66.0. The lowest BCUT2D eigenvalue weighted by molar-refractivity contribution is -0.391. The third kappa shape index (κ3) is 9.98. The van der Waals surface area contributed by atoms with Crippen LogP contribution in [-0.2, 0) is 56.9 Å². The number of carbonyl (C=O) groups excluding carboxylic acids is 5. The first-order valence-electron chi connectivity index (χ1n) is 19.5. The van der Waals surface area contributed by atoms with Crippen LogP contribution in [0.2, 0.25) is 0 Å². The van der Waals surface area contributed by atoms with Gasteiger partial charge in [-0.1, -0.05) is 84.4 Å². The van der Waals surface area contributed by atoms with Crippen LogP contribution in [0.25, 0.3) is 0 Å². The molecule has 0 radical (unpaired) electrons. The first kappa shape index (κ1) is 44.3. The van der Waals surface area contributed by atoms with Crippen molar-refractivity contribution in [1.29, 1.82) is 0 Å². The van der Waals surface area contributed by atoms with Gasteiger partial charge in [-0.25, -0.2) is 24.0 Å². The number of alkyl halides is 1. The van der Waals surface area contributed by atoms with Crippen molar-refractivity contribution in [2.24, 2.45) is 0 Å². The predicted molar refractivity (Wildman–Crippen MR) is 214 cm³/mol. The number of hydrogen-bond acceptors (Lipinski definition) is 16. The highest BCUT2D eigenvalue weighted by Gasteiger charge is 2.59. The quantitative estimate of drug-likeness (QED) is 0.100. The fourth-order valence-electron chi connectivity index (χ4n) is 7.18. The fourth-order valence-corrected chi connectivity index (χ4v) is 7.50. The highest BCUT2D eigenvalue weighted by Crippen LogP contribution is 2.39. The molecule has 4 aromatic carbocycles. The minimum absolute atomic E-state index is 0.133. The van der Waals surface area contributed by atoms with Crippen molar-refractivity contribution in [2.75, 3.05) is 27.4 Å². The minimum Gasteiger partial charge on any atom is -0.465 e. The summed E-state index contributed by atoms with van der Waals surface area (Å²) in [6.07, 6.45) is -12.6. The Kier molecular flexibility index (Phi) is 14.3. The standard InChI is InChI=1S/C45H43ClO16/c1-45(44(51)53-3)55-25-31-33(62-45)34(52-2)37(60-42(50)29-22-14-7-15-23-29)43(57-31)61-35-32(58-40(48)27-18-10-5-11-19-27)30(24-54-39(47)26-16-8-4-9-17-26)56-38(46)36(35)59-41(49)28-20-12-6-13-21-28/h4-23,30-38,43H,24-25H2,1-3H3/t30-,31-,32-,33-,34+,35+,36-,37-,38+,43+,45+/m1/s1. The van der Waals surface area contributed by atoms with Gasteiger partial charge in [0.15, 0.2) is 30.2 Å². The fraction of sp³-hybridized carbons (Fsp3) is 0.356. The Morgan fingerprint density at radius 2 is 1.08 bits per heavy atom. The zero-order chi connectivity index (χ0) is 43.8. The van der Waals surface area contributed by atoms with Crippen LogP contribution in [0.5, 0.6) is 0 Å². The molecule has 3 saturated heterocycles. The van der Waals surface area contributed by atoms with Crippen molar-refractivity contribution in [3.63, 3.8) is 0 Å². The van der Waals surface area contributed by atoms with Gasteiger partial charge in [0.05, 0.1) is 36.0 Å². The van der Waals surface area contributed by atoms with Crippen LogP contribution in [0.1, 0.15) is 48.4 Å². The SMILES string of the molecule is COC(=O)[C@@]1(C)OC[C@H]2O[C@@H](O[C@@H]3[C@@H](OC(=O)c4ccccc4)[C@@H](Cl)O[C@H](COC(=O)c4ccccc4)[C@H]3OC(=O)c3ccccc3)[C@H](OC(=O)c3ccccc3)[C@@H](OC)[C@@H]2O1. The van der Waals surface area contributed by atoms with Gasteiger partial charge in [0.1, 0.15) is 37.1 Å². The molecule has 0 spiro atoms. The van der Waals surface area contributed by atoms with Crippen LogP contribution >= 0.6 is 11.6 Å². The van der Waals surface area contributed by atoms with Crippen molar-refractivity contribution >= 4 is 41.4 Å². The van der Waals surface area contributed by atoms with Crippen LogP contribution in [0.3, 0.4) is 0 Å². The maximum atomic E-state index is 13.9. The Balaban J connectivity index is 1.29. The van der Waals surface area contributed by atoms with Gasteiger partial charge in [-0.15, -0.1) is 0 Å². The van der Waals surface area contributed by atoms with Gasteiger partial charge in [-0.2, -0.15) is 0 Å². The lowest BCUT2D eigenvalue weighted by Crippen LogP contribution is -2.69. The van der Waals surface area contributed by atoms with Gasteiger partial charge >= 0.3 is 29.8 Å². The molecular formula is C45H43ClO16. The summed E-state index contributed by atoms with van der Waals surface area (Å²) in [7, 11) is 2.50. The number of esters is 5. The molecule has 62 heavy (non-hydrogen) atoms. The van der Waals surface area contributed by atoms with Crippen molar-refractivity contribution in [1.82, 2.24) is 0 Å². The van der Waals surface area contributed by atoms with E-state index in [4.69, 9.17) is 63.7 Å². The van der Waals surface area contributed by atoms with E-state index in [1.165, 1.54) is 57.5 Å². The number of carbonyl (C=O) groups is 5. The summed E-state index contributed by atoms with van der Waals surface area (Å²) in [4.78, 5) is 67.5. The molecule has 0 saturated carbocycles. The van der Waals surface area contributed by atoms with Crippen molar-refractivity contribution < 1.29 is 76.1 Å². The van der Waals surface area contributed by atoms with E-state index in [9.17, 15) is 24.0 Å². The zero-order valence-electron chi connectivity index (χ0n) is 33.6. The molecule has 0 aromatic heterocycles. The van der Waals surface area contributed by atoms with Gasteiger partial charge in [-0.05, 0) is 48.5 Å². The monoisotopic (exact) mass is 874 g/mol. The smallest absolute Gasteiger partial charge is 0.366 e. The molecule has 3 heterocycles. The van der Waals surface area contributed by atoms with Crippen LogP contribution < -0.4 is 0 Å². The summed E-state index contributed by atoms with van der Waals surface area (Å²) in [6, 6.07) is 32.2. The van der Waals surface area contributed by atoms with E-state index in [0.29, 0.717) is 0 Å². The molecule has 0 unspecified atom stereocenters. The summed E-state index contributed by atoms with van der Waals surface area (Å²) >= 11 is 6.92. The highest BCUT2D eigenvalue weighted by atomic mass is 35.5. The molecule has 4 aromatic rings. The number of ether oxygens (including phenoxy) is 11. The lowest BCUT2D eigenvalue weighted by atomic mass is 9.95. The Bertz CT molecular complexity index is 2160. The Morgan fingerprint density at radius 1 is 0.613 bits per heavy atom. The molecule has 17 heteroatoms. The van der Waals surface area contributed by atoms with E-state index >= 15 is 0 Å². The zero-order valence-corrected chi connectivity index (χ0v) is 34.4. The Labute approximate surface area is 361 Å². The molecule has 3 fully saturated rings. The van der Waals surface area contributed by atoms with Crippen LogP contribution in [0, 0.1) is 0 Å². The highest BCUT2D eigenvalue weighted by molar-refractivity contribution is 6.20. The number of rotatable bonds is 13. The van der Waals surface area contributed by atoms with Gasteiger partial charge in [0.25, 0.3) is 5.79 Å². The van der Waals surface area contributed by atoms with Crippen molar-refractivity contribution in [3.05, 3.63) is 144 Å². The second kappa shape index (κ2) is 20.0. The normalized spacial score (nSPS) is 29.2. The van der Waals surface area contributed by atoms with E-state index in [1.54, 1.807) is 84.9 Å². The molecule has 11 atom stereocenters. The summed E-state index contributed by atoms with van der Waals surface area (Å²) in [5.41, 5.74) is -0.866. The first-order chi connectivity index (χ1) is 30.0. The maximum Gasteiger partial charge on any atom is 0.366 e. The molecular weight excluding hydrogens is 832 g/mol. The van der Waals surface area contributed by atoms with E-state index in [1.807, 2.05) is 0 Å². The largest absolute Gasteiger partial charge is 0.465 e. The molecule has 0 bridgehead atoms. The lowest BCUT2D eigenvalue weighted by Gasteiger charge is -2.51. The first-order valence-corrected chi connectivity index (χ1v) is 20.0. The van der Waals surface area contributed by atoms with E-state index in [-0.39, 0.29) is 28.9 Å². The third-order valence-corrected chi connectivity index (χ3v) is 10.7. The number of halogens is 1. The van der Waals surface area contributed by atoms with Crippen molar-refractivity contribution in [2.45, 2.75) is 73.4 Å². The number of fused-ring (bicyclic) bond motifs is 1. The molecule has 0 aliphatic carbocycles. The van der Waals surface area contributed by atoms with Crippen LogP contribution in [-0.4, -0.2) is 124 Å². The predicted octanol–water partition coefficient (Wildman–Crippen LogP) is 4.91. The van der Waals surface area contributed by atoms with Crippen LogP contribution in [0.15, 0.2) is 121 Å². The van der Waals surface area contributed by atoms with Gasteiger partial charge in [0, 0.05) is 14.0 Å².